The molecule has 0 radical (unpaired) electrons. The number of halogens is 2. The number of aromatic nitrogens is 1. The predicted octanol–water partition coefficient (Wildman–Crippen LogP) is 9.07. The van der Waals surface area contributed by atoms with E-state index in [1.54, 1.807) is 24.5 Å². The van der Waals surface area contributed by atoms with Crippen molar-refractivity contribution in [1.82, 2.24) is 4.98 Å². The maximum Gasteiger partial charge on any atom is 0.166 e. The lowest BCUT2D eigenvalue weighted by atomic mass is 9.97. The summed E-state index contributed by atoms with van der Waals surface area (Å²) in [5.41, 5.74) is 9.15. The van der Waals surface area contributed by atoms with E-state index in [4.69, 9.17) is 0 Å². The lowest BCUT2D eigenvalue weighted by molar-refractivity contribution is 0.511. The van der Waals surface area contributed by atoms with Crippen molar-refractivity contribution >= 4 is 11.4 Å². The SMILES string of the molecule is C=C(N=C(C)c1cc(-c2cccc(F)c2F)ccc1C)c1cccnc1.CCCc1ccc(C)cc1C. The normalized spacial score (nSPS) is 11.1. The third kappa shape index (κ3) is 7.29. The Morgan fingerprint density at radius 1 is 0.919 bits per heavy atom. The smallest absolute Gasteiger partial charge is 0.166 e. The molecular weight excluding hydrogens is 462 g/mol. The molecule has 0 aliphatic heterocycles. The molecule has 3 aromatic carbocycles. The van der Waals surface area contributed by atoms with Crippen LogP contribution in [-0.4, -0.2) is 10.7 Å². The molecular formula is C33H34F2N2. The van der Waals surface area contributed by atoms with Crippen molar-refractivity contribution in [2.75, 3.05) is 0 Å². The second-order valence-corrected chi connectivity index (χ2v) is 9.20. The van der Waals surface area contributed by atoms with Gasteiger partial charge >= 0.3 is 0 Å². The minimum atomic E-state index is -0.861. The monoisotopic (exact) mass is 496 g/mol. The third-order valence-electron chi connectivity index (χ3n) is 6.20. The molecule has 1 aromatic heterocycles. The standard InChI is InChI=1S/C22H18F2N2.C11H16/c1-14-9-10-17(19-7-4-8-21(23)22(19)24)12-20(14)16(3)26-15(2)18-6-5-11-25-13-18;1-4-5-11-7-6-9(2)8-10(11)3/h4-13H,2H2,1,3H3;6-8H,4-5H2,1-3H3. The Bertz CT molecular complexity index is 1410. The molecule has 0 bridgehead atoms. The molecule has 37 heavy (non-hydrogen) atoms. The van der Waals surface area contributed by atoms with Gasteiger partial charge in [-0.15, -0.1) is 0 Å². The molecule has 0 saturated carbocycles. The van der Waals surface area contributed by atoms with Gasteiger partial charge in [0.15, 0.2) is 11.6 Å². The molecule has 0 aliphatic carbocycles. The number of pyridine rings is 1. The summed E-state index contributed by atoms with van der Waals surface area (Å²) < 4.78 is 27.7. The highest BCUT2D eigenvalue weighted by Gasteiger charge is 2.12. The van der Waals surface area contributed by atoms with E-state index in [1.807, 2.05) is 38.1 Å². The van der Waals surface area contributed by atoms with Crippen LogP contribution in [0.5, 0.6) is 0 Å². The van der Waals surface area contributed by atoms with Crippen molar-refractivity contribution in [3.05, 3.63) is 131 Å². The summed E-state index contributed by atoms with van der Waals surface area (Å²) in [5, 5.41) is 0. The molecule has 0 atom stereocenters. The Morgan fingerprint density at radius 2 is 1.70 bits per heavy atom. The molecule has 190 valence electrons. The third-order valence-corrected chi connectivity index (χ3v) is 6.20. The van der Waals surface area contributed by atoms with Gasteiger partial charge in [-0.05, 0) is 86.2 Å². The summed E-state index contributed by atoms with van der Waals surface area (Å²) in [7, 11) is 0. The van der Waals surface area contributed by atoms with Crippen molar-refractivity contribution in [3.8, 4) is 11.1 Å². The highest BCUT2D eigenvalue weighted by molar-refractivity contribution is 6.03. The maximum absolute atomic E-state index is 14.1. The highest BCUT2D eigenvalue weighted by Crippen LogP contribution is 2.27. The van der Waals surface area contributed by atoms with Crippen molar-refractivity contribution in [1.29, 1.82) is 0 Å². The van der Waals surface area contributed by atoms with Gasteiger partial charge in [-0.25, -0.2) is 8.78 Å². The molecule has 0 N–H and O–H groups in total. The second kappa shape index (κ2) is 12.9. The van der Waals surface area contributed by atoms with Gasteiger partial charge in [-0.1, -0.05) is 68.0 Å². The Hall–Kier alpha value is -3.92. The van der Waals surface area contributed by atoms with E-state index in [9.17, 15) is 8.78 Å². The molecule has 4 aromatic rings. The van der Waals surface area contributed by atoms with Gasteiger partial charge in [0.05, 0.1) is 5.70 Å². The molecule has 4 rings (SSSR count). The summed E-state index contributed by atoms with van der Waals surface area (Å²) >= 11 is 0. The van der Waals surface area contributed by atoms with Gasteiger partial charge < -0.3 is 0 Å². The molecule has 0 unspecified atom stereocenters. The van der Waals surface area contributed by atoms with Crippen LogP contribution >= 0.6 is 0 Å². The van der Waals surface area contributed by atoms with Gasteiger partial charge in [0.25, 0.3) is 0 Å². The van der Waals surface area contributed by atoms with Gasteiger partial charge in [0.1, 0.15) is 0 Å². The van der Waals surface area contributed by atoms with E-state index in [1.165, 1.54) is 35.6 Å². The zero-order valence-electron chi connectivity index (χ0n) is 22.3. The highest BCUT2D eigenvalue weighted by atomic mass is 19.2. The molecule has 1 heterocycles. The average molecular weight is 497 g/mol. The molecule has 4 heteroatoms. The van der Waals surface area contributed by atoms with Crippen LogP contribution in [0.1, 0.15) is 53.6 Å². The fourth-order valence-corrected chi connectivity index (χ4v) is 4.16. The first-order valence-electron chi connectivity index (χ1n) is 12.5. The van der Waals surface area contributed by atoms with Gasteiger partial charge in [0, 0.05) is 29.2 Å². The summed E-state index contributed by atoms with van der Waals surface area (Å²) in [6.45, 7) is 14.4. The van der Waals surface area contributed by atoms with E-state index < -0.39 is 11.6 Å². The van der Waals surface area contributed by atoms with E-state index in [0.29, 0.717) is 11.3 Å². The van der Waals surface area contributed by atoms with Gasteiger partial charge in [0.2, 0.25) is 0 Å². The van der Waals surface area contributed by atoms with Crippen LogP contribution in [0.15, 0.2) is 90.7 Å². The van der Waals surface area contributed by atoms with Crippen molar-refractivity contribution in [2.24, 2.45) is 4.99 Å². The summed E-state index contributed by atoms with van der Waals surface area (Å²) in [6.07, 6.45) is 5.84. The van der Waals surface area contributed by atoms with E-state index in [-0.39, 0.29) is 5.56 Å². The molecule has 0 fully saturated rings. The molecule has 0 aliphatic rings. The Morgan fingerprint density at radius 3 is 2.38 bits per heavy atom. The summed E-state index contributed by atoms with van der Waals surface area (Å²) in [4.78, 5) is 8.64. The summed E-state index contributed by atoms with van der Waals surface area (Å²) in [5.74, 6) is -1.71. The molecule has 2 nitrogen and oxygen atoms in total. The fraction of sp³-hybridized carbons (Fsp3) is 0.212. The second-order valence-electron chi connectivity index (χ2n) is 9.20. The number of hydrogen-bond donors (Lipinski definition) is 0. The van der Waals surface area contributed by atoms with E-state index in [0.717, 1.165) is 28.5 Å². The number of benzene rings is 3. The van der Waals surface area contributed by atoms with Crippen LogP contribution in [0.4, 0.5) is 8.78 Å². The number of rotatable bonds is 6. The summed E-state index contributed by atoms with van der Waals surface area (Å²) in [6, 6.07) is 20.0. The minimum absolute atomic E-state index is 0.227. The molecule has 0 saturated heterocycles. The molecule has 0 spiro atoms. The van der Waals surface area contributed by atoms with Crippen LogP contribution in [0.2, 0.25) is 0 Å². The zero-order valence-corrected chi connectivity index (χ0v) is 22.3. The first-order valence-corrected chi connectivity index (χ1v) is 12.5. The lowest BCUT2D eigenvalue weighted by Gasteiger charge is -2.11. The van der Waals surface area contributed by atoms with Crippen molar-refractivity contribution in [3.63, 3.8) is 0 Å². The van der Waals surface area contributed by atoms with Crippen LogP contribution in [-0.2, 0) is 6.42 Å². The van der Waals surface area contributed by atoms with E-state index >= 15 is 0 Å². The Kier molecular flexibility index (Phi) is 9.62. The number of hydrogen-bond acceptors (Lipinski definition) is 2. The largest absolute Gasteiger partial charge is 0.264 e. The van der Waals surface area contributed by atoms with Gasteiger partial charge in [-0.2, -0.15) is 0 Å². The minimum Gasteiger partial charge on any atom is -0.264 e. The number of aliphatic imine (C=N–C) groups is 1. The van der Waals surface area contributed by atoms with E-state index in [2.05, 4.69) is 55.5 Å². The van der Waals surface area contributed by atoms with Crippen molar-refractivity contribution in [2.45, 2.75) is 47.5 Å². The van der Waals surface area contributed by atoms with Crippen LogP contribution in [0, 0.1) is 32.4 Å². The first-order chi connectivity index (χ1) is 17.7. The van der Waals surface area contributed by atoms with Gasteiger partial charge in [-0.3, -0.25) is 9.98 Å². The average Bonchev–Trinajstić information content (AvgIpc) is 2.89. The number of nitrogens with zero attached hydrogens (tertiary/aromatic N) is 2. The first kappa shape index (κ1) is 27.7. The van der Waals surface area contributed by atoms with Crippen LogP contribution < -0.4 is 0 Å². The lowest BCUT2D eigenvalue weighted by Crippen LogP contribution is -2.00. The fourth-order valence-electron chi connectivity index (χ4n) is 4.16. The topological polar surface area (TPSA) is 25.2 Å². The Balaban J connectivity index is 0.000000289. The molecule has 0 amide bonds. The van der Waals surface area contributed by atoms with Crippen molar-refractivity contribution < 1.29 is 8.78 Å². The number of aryl methyl sites for hydroxylation is 4. The maximum atomic E-state index is 14.1. The predicted molar refractivity (Wildman–Crippen MR) is 152 cm³/mol. The Labute approximate surface area is 219 Å². The quantitative estimate of drug-likeness (QED) is 0.244. The van der Waals surface area contributed by atoms with Crippen LogP contribution in [0.3, 0.4) is 0 Å². The zero-order chi connectivity index (χ0) is 26.9. The van der Waals surface area contributed by atoms with Crippen LogP contribution in [0.25, 0.3) is 16.8 Å².